The average Bonchev–Trinajstić information content (AvgIpc) is 3.19. The van der Waals surface area contributed by atoms with Gasteiger partial charge < -0.3 is 61.6 Å². The summed E-state index contributed by atoms with van der Waals surface area (Å²) in [6.45, 7) is 36.1. The highest BCUT2D eigenvalue weighted by atomic mass is 16.6. The minimum atomic E-state index is -0.381. The third-order valence-electron chi connectivity index (χ3n) is 6.81. The quantitative estimate of drug-likeness (QED) is 0.0616. The van der Waals surface area contributed by atoms with Gasteiger partial charge in [-0.05, 0) is 0 Å². The molecule has 316 valence electrons. The van der Waals surface area contributed by atoms with Gasteiger partial charge in [0.15, 0.2) is 0 Å². The van der Waals surface area contributed by atoms with E-state index in [1.807, 2.05) is 0 Å². The fourth-order valence-electron chi connectivity index (χ4n) is 4.31. The second kappa shape index (κ2) is 41.0. The molecule has 0 spiro atoms. The van der Waals surface area contributed by atoms with E-state index in [2.05, 4.69) is 52.6 Å². The van der Waals surface area contributed by atoms with E-state index in [9.17, 15) is 0 Å². The van der Waals surface area contributed by atoms with Gasteiger partial charge in [-0.15, -0.1) is 52.6 Å². The van der Waals surface area contributed by atoms with Gasteiger partial charge in [-0.1, -0.05) is 48.6 Å². The average molecular weight is 783 g/mol. The van der Waals surface area contributed by atoms with Crippen molar-refractivity contribution in [3.05, 3.63) is 101 Å². The van der Waals surface area contributed by atoms with Crippen LogP contribution >= 0.6 is 0 Å². The van der Waals surface area contributed by atoms with E-state index in [1.54, 1.807) is 48.6 Å². The molecule has 55 heavy (non-hydrogen) atoms. The van der Waals surface area contributed by atoms with Gasteiger partial charge in [-0.2, -0.15) is 0 Å². The van der Waals surface area contributed by atoms with E-state index >= 15 is 0 Å². The Morgan fingerprint density at radius 3 is 0.509 bits per heavy atom. The van der Waals surface area contributed by atoms with Gasteiger partial charge in [0.1, 0.15) is 36.6 Å². The molecule has 0 aromatic heterocycles. The molecule has 6 unspecified atom stereocenters. The maximum absolute atomic E-state index is 6.03. The third-order valence-corrected chi connectivity index (χ3v) is 6.81. The molecule has 0 aliphatic rings. The SMILES string of the molecule is C=CCOCC(COCC(COCC(COCC(COCC(COCC(COCC=C)OCC=C)OCC=C)OCC=C)OCC=C)OCC=C)OCC=C. The minimum absolute atomic E-state index is 0.244. The van der Waals surface area contributed by atoms with E-state index in [1.165, 1.54) is 0 Å². The van der Waals surface area contributed by atoms with Crippen molar-refractivity contribution in [1.29, 1.82) is 0 Å². The van der Waals surface area contributed by atoms with Crippen molar-refractivity contribution in [2.75, 3.05) is 132 Å². The van der Waals surface area contributed by atoms with Crippen LogP contribution in [-0.2, 0) is 61.6 Å². The fourth-order valence-corrected chi connectivity index (χ4v) is 4.31. The summed E-state index contributed by atoms with van der Waals surface area (Å²) in [5, 5.41) is 0. The Balaban J connectivity index is 5.02. The number of ether oxygens (including phenoxy) is 13. The van der Waals surface area contributed by atoms with E-state index in [0.29, 0.717) is 79.3 Å². The van der Waals surface area contributed by atoms with Crippen molar-refractivity contribution < 1.29 is 61.6 Å². The molecule has 0 saturated heterocycles. The lowest BCUT2D eigenvalue weighted by Gasteiger charge is -2.24. The van der Waals surface area contributed by atoms with Crippen LogP contribution in [0, 0.1) is 0 Å². The van der Waals surface area contributed by atoms with Gasteiger partial charge in [-0.3, -0.25) is 0 Å². The zero-order valence-electron chi connectivity index (χ0n) is 33.2. The minimum Gasteiger partial charge on any atom is -0.376 e. The standard InChI is InChI=1S/C42H70O13/c1-9-17-43-25-37(50-19-11-3)27-45-29-39(52-21-13-5)31-47-33-41(54-23-15-7)35-49-36-42(55-24-16-8)34-48-32-40(53-22-14-6)30-46-28-38(51-20-12-4)26-44-18-10-2/h9-16,37-42H,1-8,17-36H2. The zero-order chi connectivity index (χ0) is 40.5. The lowest BCUT2D eigenvalue weighted by Crippen LogP contribution is -2.35. The first kappa shape index (κ1) is 52.4. The maximum atomic E-state index is 6.03. The van der Waals surface area contributed by atoms with Crippen molar-refractivity contribution in [2.45, 2.75) is 36.6 Å². The molecule has 0 fully saturated rings. The number of hydrogen-bond donors (Lipinski definition) is 0. The van der Waals surface area contributed by atoms with Crippen LogP contribution in [0.5, 0.6) is 0 Å². The van der Waals surface area contributed by atoms with Crippen LogP contribution in [0.25, 0.3) is 0 Å². The molecule has 0 radical (unpaired) electrons. The maximum Gasteiger partial charge on any atom is 0.105 e. The molecule has 0 heterocycles. The Bertz CT molecular complexity index is 888. The molecule has 13 nitrogen and oxygen atoms in total. The molecule has 13 heteroatoms. The van der Waals surface area contributed by atoms with Crippen LogP contribution in [0.4, 0.5) is 0 Å². The fraction of sp³-hybridized carbons (Fsp3) is 0.619. The first-order chi connectivity index (χ1) is 27.0. The topological polar surface area (TPSA) is 120 Å². The third kappa shape index (κ3) is 33.3. The van der Waals surface area contributed by atoms with E-state index < -0.39 is 0 Å². The number of rotatable bonds is 46. The van der Waals surface area contributed by atoms with Crippen molar-refractivity contribution in [3.63, 3.8) is 0 Å². The highest BCUT2D eigenvalue weighted by Crippen LogP contribution is 2.06. The van der Waals surface area contributed by atoms with Crippen LogP contribution < -0.4 is 0 Å². The van der Waals surface area contributed by atoms with Crippen molar-refractivity contribution in [3.8, 4) is 0 Å². The molecular weight excluding hydrogens is 712 g/mol. The normalized spacial score (nSPS) is 14.5. The molecule has 0 aromatic rings. The van der Waals surface area contributed by atoms with Crippen LogP contribution in [-0.4, -0.2) is 169 Å². The molecule has 0 aromatic carbocycles. The first-order valence-electron chi connectivity index (χ1n) is 18.6. The monoisotopic (exact) mass is 782 g/mol. The van der Waals surface area contributed by atoms with Crippen molar-refractivity contribution in [2.24, 2.45) is 0 Å². The molecule has 0 aliphatic heterocycles. The van der Waals surface area contributed by atoms with E-state index in [0.717, 1.165) is 0 Å². The van der Waals surface area contributed by atoms with Gasteiger partial charge in [0.05, 0.1) is 132 Å². The van der Waals surface area contributed by atoms with Gasteiger partial charge in [0, 0.05) is 0 Å². The highest BCUT2D eigenvalue weighted by molar-refractivity contribution is 4.74. The summed E-state index contributed by atoms with van der Waals surface area (Å²) in [5.41, 5.74) is 0. The first-order valence-corrected chi connectivity index (χ1v) is 18.6. The second-order valence-electron chi connectivity index (χ2n) is 11.8. The summed E-state index contributed by atoms with van der Waals surface area (Å²) in [7, 11) is 0. The highest BCUT2D eigenvalue weighted by Gasteiger charge is 2.19. The molecule has 0 bridgehead atoms. The Hall–Kier alpha value is -2.60. The molecule has 6 atom stereocenters. The molecule has 0 rings (SSSR count). The number of hydrogen-bond acceptors (Lipinski definition) is 13. The van der Waals surface area contributed by atoms with Gasteiger partial charge >= 0.3 is 0 Å². The van der Waals surface area contributed by atoms with E-state index in [4.69, 9.17) is 61.6 Å². The summed E-state index contributed by atoms with van der Waals surface area (Å²) in [6.07, 6.45) is 11.4. The zero-order valence-corrected chi connectivity index (χ0v) is 33.2. The Morgan fingerprint density at radius 2 is 0.364 bits per heavy atom. The largest absolute Gasteiger partial charge is 0.376 e. The lowest BCUT2D eigenvalue weighted by molar-refractivity contribution is -0.115. The molecule has 0 amide bonds. The predicted molar refractivity (Wildman–Crippen MR) is 216 cm³/mol. The summed E-state index contributed by atoms with van der Waals surface area (Å²) >= 11 is 0. The van der Waals surface area contributed by atoms with Gasteiger partial charge in [0.25, 0.3) is 0 Å². The van der Waals surface area contributed by atoms with Crippen LogP contribution in [0.2, 0.25) is 0 Å². The van der Waals surface area contributed by atoms with Gasteiger partial charge in [-0.25, -0.2) is 0 Å². The molecule has 0 aliphatic carbocycles. The molecule has 0 saturated carbocycles. The Labute approximate surface area is 331 Å². The summed E-state index contributed by atoms with van der Waals surface area (Å²) in [4.78, 5) is 0. The Morgan fingerprint density at radius 1 is 0.218 bits per heavy atom. The predicted octanol–water partition coefficient (Wildman–Crippen LogP) is 4.90. The van der Waals surface area contributed by atoms with Gasteiger partial charge in [0.2, 0.25) is 0 Å². The smallest absolute Gasteiger partial charge is 0.105 e. The second-order valence-corrected chi connectivity index (χ2v) is 11.8. The van der Waals surface area contributed by atoms with E-state index in [-0.39, 0.29) is 89.5 Å². The van der Waals surface area contributed by atoms with Crippen molar-refractivity contribution in [1.82, 2.24) is 0 Å². The summed E-state index contributed by atoms with van der Waals surface area (Å²) in [6, 6.07) is 0. The van der Waals surface area contributed by atoms with Crippen LogP contribution in [0.15, 0.2) is 101 Å². The van der Waals surface area contributed by atoms with Crippen LogP contribution in [0.3, 0.4) is 0 Å². The molecular formula is C42H70O13. The van der Waals surface area contributed by atoms with Crippen LogP contribution in [0.1, 0.15) is 0 Å². The summed E-state index contributed by atoms with van der Waals surface area (Å²) < 4.78 is 76.0. The lowest BCUT2D eigenvalue weighted by atomic mass is 10.3. The van der Waals surface area contributed by atoms with Crippen molar-refractivity contribution >= 4 is 0 Å². The molecule has 0 N–H and O–H groups in total. The summed E-state index contributed by atoms with van der Waals surface area (Å²) in [5.74, 6) is 0. The Kier molecular flexibility index (Phi) is 39.1.